The number of carbonyl (C=O) groups is 1. The fourth-order valence-electron chi connectivity index (χ4n) is 2.07. The van der Waals surface area contributed by atoms with E-state index in [4.69, 9.17) is 13.9 Å². The molecule has 0 radical (unpaired) electrons. The molecule has 1 aromatic carbocycles. The molecule has 2 aromatic rings. The van der Waals surface area contributed by atoms with Gasteiger partial charge in [-0.1, -0.05) is 30.3 Å². The van der Waals surface area contributed by atoms with Gasteiger partial charge in [-0.2, -0.15) is 0 Å². The van der Waals surface area contributed by atoms with Gasteiger partial charge in [0, 0.05) is 19.7 Å². The highest BCUT2D eigenvalue weighted by Gasteiger charge is 2.26. The van der Waals surface area contributed by atoms with Gasteiger partial charge in [-0.3, -0.25) is 4.79 Å². The number of methoxy groups -OCH3 is 1. The summed E-state index contributed by atoms with van der Waals surface area (Å²) in [6.45, 7) is 2.60. The summed E-state index contributed by atoms with van der Waals surface area (Å²) < 4.78 is 15.8. The normalized spacial score (nSPS) is 13.2. The van der Waals surface area contributed by atoms with E-state index in [-0.39, 0.29) is 24.7 Å². The molecule has 2 rings (SSSR count). The number of aromatic hydroxyl groups is 1. The first-order chi connectivity index (χ1) is 11.9. The van der Waals surface area contributed by atoms with Crippen molar-refractivity contribution in [3.8, 4) is 5.75 Å². The van der Waals surface area contributed by atoms with E-state index >= 15 is 0 Å². The molecule has 0 spiro atoms. The Kier molecular flexibility index (Phi) is 6.32. The van der Waals surface area contributed by atoms with Gasteiger partial charge in [0.15, 0.2) is 5.76 Å². The Morgan fingerprint density at radius 1 is 1.28 bits per heavy atom. The largest absolute Gasteiger partial charge is 0.508 e. The van der Waals surface area contributed by atoms with Crippen LogP contribution in [0.1, 0.15) is 23.0 Å². The Balaban J connectivity index is 1.89. The number of rotatable bonds is 8. The summed E-state index contributed by atoms with van der Waals surface area (Å²) in [5.41, 5.74) is -0.529. The van der Waals surface area contributed by atoms with E-state index in [1.165, 1.54) is 7.11 Å². The summed E-state index contributed by atoms with van der Waals surface area (Å²) in [5.74, 6) is -1.23. The standard InChI is InChI=1S/C18H21NO6/c1-18(23-2,12-24-10-13-6-4-3-5-7-13)11-19-17(22)15-8-14(20)9-16(21)25-15/h3-9,20H,10-12H2,1-2H3,(H,19,22). The number of hydrogen-bond donors (Lipinski definition) is 2. The van der Waals surface area contributed by atoms with Gasteiger partial charge in [0.25, 0.3) is 5.91 Å². The summed E-state index contributed by atoms with van der Waals surface area (Å²) in [6, 6.07) is 11.7. The van der Waals surface area contributed by atoms with Crippen LogP contribution in [-0.4, -0.2) is 36.9 Å². The number of amides is 1. The summed E-state index contributed by atoms with van der Waals surface area (Å²) in [4.78, 5) is 23.3. The number of nitrogens with one attached hydrogen (secondary N) is 1. The van der Waals surface area contributed by atoms with Gasteiger partial charge >= 0.3 is 5.63 Å². The Labute approximate surface area is 145 Å². The van der Waals surface area contributed by atoms with Crippen LogP contribution in [0, 0.1) is 0 Å². The second kappa shape index (κ2) is 8.46. The topological polar surface area (TPSA) is 98.0 Å². The zero-order valence-corrected chi connectivity index (χ0v) is 14.2. The van der Waals surface area contributed by atoms with Crippen LogP contribution in [0.25, 0.3) is 0 Å². The third-order valence-corrected chi connectivity index (χ3v) is 3.61. The second-order valence-electron chi connectivity index (χ2n) is 5.81. The predicted octanol–water partition coefficient (Wildman–Crippen LogP) is 1.70. The number of benzene rings is 1. The number of ether oxygens (including phenoxy) is 2. The van der Waals surface area contributed by atoms with Gasteiger partial charge in [-0.25, -0.2) is 4.79 Å². The molecule has 0 aliphatic heterocycles. The molecule has 0 aliphatic rings. The lowest BCUT2D eigenvalue weighted by atomic mass is 10.1. The van der Waals surface area contributed by atoms with Gasteiger partial charge in [0.1, 0.15) is 11.4 Å². The van der Waals surface area contributed by atoms with Crippen molar-refractivity contribution < 1.29 is 23.8 Å². The highest BCUT2D eigenvalue weighted by Crippen LogP contribution is 2.12. The molecule has 0 fully saturated rings. The van der Waals surface area contributed by atoms with Crippen molar-refractivity contribution in [1.82, 2.24) is 5.32 Å². The molecule has 134 valence electrons. The predicted molar refractivity (Wildman–Crippen MR) is 90.5 cm³/mol. The van der Waals surface area contributed by atoms with Gasteiger partial charge in [0.05, 0.1) is 19.3 Å². The number of carbonyl (C=O) groups excluding carboxylic acids is 1. The SMILES string of the molecule is COC(C)(CNC(=O)c1cc(O)cc(=O)o1)COCc1ccccc1. The minimum Gasteiger partial charge on any atom is -0.508 e. The van der Waals surface area contributed by atoms with E-state index in [9.17, 15) is 14.7 Å². The smallest absolute Gasteiger partial charge is 0.340 e. The molecule has 1 unspecified atom stereocenters. The van der Waals surface area contributed by atoms with E-state index in [2.05, 4.69) is 5.32 Å². The molecule has 0 aliphatic carbocycles. The third-order valence-electron chi connectivity index (χ3n) is 3.61. The van der Waals surface area contributed by atoms with Crippen LogP contribution in [0.3, 0.4) is 0 Å². The average molecular weight is 347 g/mol. The fraction of sp³-hybridized carbons (Fsp3) is 0.333. The lowest BCUT2D eigenvalue weighted by molar-refractivity contribution is -0.0649. The molecule has 1 aromatic heterocycles. The first-order valence-corrected chi connectivity index (χ1v) is 7.71. The second-order valence-corrected chi connectivity index (χ2v) is 5.81. The van der Waals surface area contributed by atoms with E-state index in [0.717, 1.165) is 17.7 Å². The van der Waals surface area contributed by atoms with E-state index in [1.54, 1.807) is 6.92 Å². The minimum atomic E-state index is -0.800. The molecule has 0 saturated carbocycles. The van der Waals surface area contributed by atoms with Gasteiger partial charge in [0.2, 0.25) is 0 Å². The quantitative estimate of drug-likeness (QED) is 0.754. The first kappa shape index (κ1) is 18.7. The molecule has 1 atom stereocenters. The van der Waals surface area contributed by atoms with Crippen LogP contribution in [0.15, 0.2) is 51.7 Å². The average Bonchev–Trinajstić information content (AvgIpc) is 2.60. The summed E-state index contributed by atoms with van der Waals surface area (Å²) in [7, 11) is 1.52. The Morgan fingerprint density at radius 2 is 2.00 bits per heavy atom. The van der Waals surface area contributed by atoms with Crippen LogP contribution in [0.2, 0.25) is 0 Å². The highest BCUT2D eigenvalue weighted by atomic mass is 16.5. The molecule has 1 amide bonds. The molecule has 0 saturated heterocycles. The van der Waals surface area contributed by atoms with E-state index in [1.807, 2.05) is 30.3 Å². The molecule has 25 heavy (non-hydrogen) atoms. The van der Waals surface area contributed by atoms with Crippen LogP contribution < -0.4 is 10.9 Å². The van der Waals surface area contributed by atoms with Crippen molar-refractivity contribution in [1.29, 1.82) is 0 Å². The van der Waals surface area contributed by atoms with Crippen molar-refractivity contribution in [2.24, 2.45) is 0 Å². The van der Waals surface area contributed by atoms with E-state index in [0.29, 0.717) is 6.61 Å². The van der Waals surface area contributed by atoms with Crippen LogP contribution in [0.4, 0.5) is 0 Å². The molecule has 2 N–H and O–H groups in total. The fourth-order valence-corrected chi connectivity index (χ4v) is 2.07. The minimum absolute atomic E-state index is 0.135. The molecular weight excluding hydrogens is 326 g/mol. The Bertz CT molecular complexity index is 758. The van der Waals surface area contributed by atoms with Crippen LogP contribution in [-0.2, 0) is 16.1 Å². The maximum atomic E-state index is 12.1. The summed E-state index contributed by atoms with van der Waals surface area (Å²) >= 11 is 0. The van der Waals surface area contributed by atoms with Crippen molar-refractivity contribution in [3.63, 3.8) is 0 Å². The Hall–Kier alpha value is -2.64. The monoisotopic (exact) mass is 347 g/mol. The van der Waals surface area contributed by atoms with Crippen molar-refractivity contribution in [2.45, 2.75) is 19.1 Å². The third kappa shape index (κ3) is 5.74. The highest BCUT2D eigenvalue weighted by molar-refractivity contribution is 5.91. The number of hydrogen-bond acceptors (Lipinski definition) is 6. The van der Waals surface area contributed by atoms with Gasteiger partial charge < -0.3 is 24.3 Å². The van der Waals surface area contributed by atoms with Gasteiger partial charge in [-0.15, -0.1) is 0 Å². The summed E-state index contributed by atoms with van der Waals surface area (Å²) in [6.07, 6.45) is 0. The van der Waals surface area contributed by atoms with Crippen LogP contribution in [0.5, 0.6) is 5.75 Å². The van der Waals surface area contributed by atoms with Crippen molar-refractivity contribution in [3.05, 3.63) is 64.2 Å². The summed E-state index contributed by atoms with van der Waals surface area (Å²) in [5, 5.41) is 12.0. The lowest BCUT2D eigenvalue weighted by Gasteiger charge is -2.28. The van der Waals surface area contributed by atoms with Crippen molar-refractivity contribution in [2.75, 3.05) is 20.3 Å². The lowest BCUT2D eigenvalue weighted by Crippen LogP contribution is -2.45. The van der Waals surface area contributed by atoms with Crippen LogP contribution >= 0.6 is 0 Å². The van der Waals surface area contributed by atoms with Crippen molar-refractivity contribution >= 4 is 5.91 Å². The zero-order chi connectivity index (χ0) is 18.3. The maximum absolute atomic E-state index is 12.1. The molecular formula is C18H21NO6. The molecule has 7 heteroatoms. The van der Waals surface area contributed by atoms with Gasteiger partial charge in [-0.05, 0) is 12.5 Å². The molecule has 1 heterocycles. The van der Waals surface area contributed by atoms with E-state index < -0.39 is 17.1 Å². The zero-order valence-electron chi connectivity index (χ0n) is 14.2. The molecule has 0 bridgehead atoms. The maximum Gasteiger partial charge on any atom is 0.340 e. The first-order valence-electron chi connectivity index (χ1n) is 7.71. The Morgan fingerprint density at radius 3 is 2.64 bits per heavy atom. The molecule has 7 nitrogen and oxygen atoms in total.